The fraction of sp³-hybridized carbons (Fsp3) is 0.611. The Hall–Kier alpha value is -1.76. The minimum Gasteiger partial charge on any atom is -0.368 e. The van der Waals surface area contributed by atoms with Gasteiger partial charge in [0, 0.05) is 37.9 Å². The Morgan fingerprint density at radius 1 is 1.08 bits per heavy atom. The van der Waals surface area contributed by atoms with E-state index in [2.05, 4.69) is 43.1 Å². The number of anilines is 1. The van der Waals surface area contributed by atoms with Gasteiger partial charge in [0.05, 0.1) is 11.5 Å². The van der Waals surface area contributed by atoms with E-state index in [1.54, 1.807) is 4.90 Å². The average Bonchev–Trinajstić information content (AvgIpc) is 2.85. The summed E-state index contributed by atoms with van der Waals surface area (Å²) in [4.78, 5) is 16.5. The second kappa shape index (κ2) is 6.86. The van der Waals surface area contributed by atoms with E-state index in [0.717, 1.165) is 13.1 Å². The van der Waals surface area contributed by atoms with Crippen molar-refractivity contribution in [2.45, 2.75) is 33.2 Å². The summed E-state index contributed by atoms with van der Waals surface area (Å²) in [5.74, 6) is 0.248. The monoisotopic (exact) mass is 365 g/mol. The number of hydrogen-bond donors (Lipinski definition) is 1. The Balaban J connectivity index is 1.58. The van der Waals surface area contributed by atoms with Crippen molar-refractivity contribution in [1.82, 2.24) is 10.2 Å². The van der Waals surface area contributed by atoms with Gasteiger partial charge in [-0.05, 0) is 38.3 Å². The maximum atomic E-state index is 12.4. The average molecular weight is 365 g/mol. The van der Waals surface area contributed by atoms with Gasteiger partial charge in [0.1, 0.15) is 0 Å². The third kappa shape index (κ3) is 4.08. The molecule has 7 heteroatoms. The molecule has 6 nitrogen and oxygen atoms in total. The number of urea groups is 1. The molecule has 3 rings (SSSR count). The Morgan fingerprint density at radius 2 is 1.68 bits per heavy atom. The summed E-state index contributed by atoms with van der Waals surface area (Å²) >= 11 is 0. The molecule has 2 heterocycles. The SMILES string of the molecule is Cc1cc(C)c(N2CCN(C(=O)NC3CCS(=O)(=O)C3)CC2)c(C)c1. The molecule has 1 N–H and O–H groups in total. The lowest BCUT2D eigenvalue weighted by Crippen LogP contribution is -2.54. The van der Waals surface area contributed by atoms with E-state index in [1.165, 1.54) is 22.4 Å². The van der Waals surface area contributed by atoms with Crippen LogP contribution in [0.3, 0.4) is 0 Å². The largest absolute Gasteiger partial charge is 0.368 e. The number of hydrogen-bond acceptors (Lipinski definition) is 4. The van der Waals surface area contributed by atoms with E-state index < -0.39 is 9.84 Å². The second-order valence-electron chi connectivity index (χ2n) is 7.27. The molecular weight excluding hydrogens is 338 g/mol. The van der Waals surface area contributed by atoms with Gasteiger partial charge in [-0.1, -0.05) is 17.7 Å². The maximum absolute atomic E-state index is 12.4. The minimum atomic E-state index is -2.97. The van der Waals surface area contributed by atoms with Crippen LogP contribution in [0.25, 0.3) is 0 Å². The molecule has 1 aromatic rings. The molecule has 0 aliphatic carbocycles. The van der Waals surface area contributed by atoms with Crippen molar-refractivity contribution in [2.24, 2.45) is 0 Å². The fourth-order valence-corrected chi connectivity index (χ4v) is 5.65. The molecule has 1 aromatic carbocycles. The van der Waals surface area contributed by atoms with Crippen LogP contribution in [-0.4, -0.2) is 63.1 Å². The number of carbonyl (C=O) groups excluding carboxylic acids is 1. The van der Waals surface area contributed by atoms with E-state index in [0.29, 0.717) is 19.5 Å². The van der Waals surface area contributed by atoms with E-state index in [9.17, 15) is 13.2 Å². The molecule has 25 heavy (non-hydrogen) atoms. The number of nitrogens with zero attached hydrogens (tertiary/aromatic N) is 2. The lowest BCUT2D eigenvalue weighted by atomic mass is 10.0. The lowest BCUT2D eigenvalue weighted by Gasteiger charge is -2.38. The first-order chi connectivity index (χ1) is 11.7. The van der Waals surface area contributed by atoms with Crippen LogP contribution in [0.15, 0.2) is 12.1 Å². The van der Waals surface area contributed by atoms with E-state index in [1.807, 2.05) is 0 Å². The molecular formula is C18H27N3O3S. The number of amides is 2. The summed E-state index contributed by atoms with van der Waals surface area (Å²) in [6, 6.07) is 4.01. The molecule has 1 unspecified atom stereocenters. The van der Waals surface area contributed by atoms with Crippen molar-refractivity contribution >= 4 is 21.6 Å². The number of aryl methyl sites for hydroxylation is 3. The van der Waals surface area contributed by atoms with E-state index >= 15 is 0 Å². The van der Waals surface area contributed by atoms with Gasteiger partial charge in [-0.2, -0.15) is 0 Å². The molecule has 138 valence electrons. The molecule has 1 atom stereocenters. The van der Waals surface area contributed by atoms with Crippen LogP contribution in [0.4, 0.5) is 10.5 Å². The molecule has 2 aliphatic rings. The van der Waals surface area contributed by atoms with Crippen LogP contribution < -0.4 is 10.2 Å². The molecule has 0 spiro atoms. The number of nitrogens with one attached hydrogen (secondary N) is 1. The fourth-order valence-electron chi connectivity index (χ4n) is 3.98. The standard InChI is InChI=1S/C18H27N3O3S/c1-13-10-14(2)17(15(3)11-13)20-5-7-21(8-6-20)18(22)19-16-4-9-25(23,24)12-16/h10-11,16H,4-9,12H2,1-3H3,(H,19,22). The van der Waals surface area contributed by atoms with Crippen LogP contribution in [0.2, 0.25) is 0 Å². The van der Waals surface area contributed by atoms with Crippen molar-refractivity contribution in [1.29, 1.82) is 0 Å². The van der Waals surface area contributed by atoms with E-state index in [4.69, 9.17) is 0 Å². The van der Waals surface area contributed by atoms with Gasteiger partial charge in [0.25, 0.3) is 0 Å². The number of piperazine rings is 1. The summed E-state index contributed by atoms with van der Waals surface area (Å²) in [6.45, 7) is 9.26. The maximum Gasteiger partial charge on any atom is 0.317 e. The first-order valence-electron chi connectivity index (χ1n) is 8.84. The zero-order valence-corrected chi connectivity index (χ0v) is 16.0. The zero-order valence-electron chi connectivity index (χ0n) is 15.2. The molecule has 2 saturated heterocycles. The topological polar surface area (TPSA) is 69.7 Å². The highest BCUT2D eigenvalue weighted by Gasteiger charge is 2.31. The summed E-state index contributed by atoms with van der Waals surface area (Å²) < 4.78 is 23.0. The van der Waals surface area contributed by atoms with Crippen molar-refractivity contribution in [3.8, 4) is 0 Å². The highest BCUT2D eigenvalue weighted by Crippen LogP contribution is 2.27. The van der Waals surface area contributed by atoms with Gasteiger partial charge in [-0.3, -0.25) is 0 Å². The van der Waals surface area contributed by atoms with Crippen molar-refractivity contribution < 1.29 is 13.2 Å². The Morgan fingerprint density at radius 3 is 2.20 bits per heavy atom. The molecule has 2 amide bonds. The highest BCUT2D eigenvalue weighted by molar-refractivity contribution is 7.91. The minimum absolute atomic E-state index is 0.0699. The highest BCUT2D eigenvalue weighted by atomic mass is 32.2. The summed E-state index contributed by atoms with van der Waals surface area (Å²) in [7, 11) is -2.97. The molecule has 0 saturated carbocycles. The Kier molecular flexibility index (Phi) is 4.95. The van der Waals surface area contributed by atoms with Crippen LogP contribution in [0.1, 0.15) is 23.1 Å². The van der Waals surface area contributed by atoms with Crippen molar-refractivity contribution in [2.75, 3.05) is 42.6 Å². The smallest absolute Gasteiger partial charge is 0.317 e. The Labute approximate surface area is 150 Å². The quantitative estimate of drug-likeness (QED) is 0.865. The normalized spacial score (nSPS) is 22.9. The summed E-state index contributed by atoms with van der Waals surface area (Å²) in [5.41, 5.74) is 5.08. The molecule has 0 radical (unpaired) electrons. The van der Waals surface area contributed by atoms with Crippen LogP contribution >= 0.6 is 0 Å². The molecule has 2 aliphatic heterocycles. The van der Waals surface area contributed by atoms with Gasteiger partial charge >= 0.3 is 6.03 Å². The van der Waals surface area contributed by atoms with Gasteiger partial charge in [0.15, 0.2) is 9.84 Å². The van der Waals surface area contributed by atoms with Gasteiger partial charge in [-0.15, -0.1) is 0 Å². The van der Waals surface area contributed by atoms with E-state index in [-0.39, 0.29) is 23.6 Å². The molecule has 0 aromatic heterocycles. The predicted molar refractivity (Wildman–Crippen MR) is 100 cm³/mol. The van der Waals surface area contributed by atoms with Gasteiger partial charge in [-0.25, -0.2) is 13.2 Å². The Bertz CT molecular complexity index is 745. The zero-order chi connectivity index (χ0) is 18.2. The van der Waals surface area contributed by atoms with Crippen LogP contribution in [-0.2, 0) is 9.84 Å². The van der Waals surface area contributed by atoms with Gasteiger partial charge in [0.2, 0.25) is 0 Å². The number of sulfone groups is 1. The summed E-state index contributed by atoms with van der Waals surface area (Å²) in [5, 5.41) is 2.88. The van der Waals surface area contributed by atoms with Crippen LogP contribution in [0, 0.1) is 20.8 Å². The third-order valence-electron chi connectivity index (χ3n) is 5.08. The summed E-state index contributed by atoms with van der Waals surface area (Å²) in [6.07, 6.45) is 0.524. The number of benzene rings is 1. The van der Waals surface area contributed by atoms with Crippen molar-refractivity contribution in [3.05, 3.63) is 28.8 Å². The first kappa shape index (κ1) is 18.0. The van der Waals surface area contributed by atoms with Crippen LogP contribution in [0.5, 0.6) is 0 Å². The number of carbonyl (C=O) groups is 1. The third-order valence-corrected chi connectivity index (χ3v) is 6.85. The molecule has 2 fully saturated rings. The predicted octanol–water partition coefficient (Wildman–Crippen LogP) is 1.63. The second-order valence-corrected chi connectivity index (χ2v) is 9.50. The lowest BCUT2D eigenvalue weighted by molar-refractivity contribution is 0.191. The first-order valence-corrected chi connectivity index (χ1v) is 10.7. The van der Waals surface area contributed by atoms with Gasteiger partial charge < -0.3 is 15.1 Å². The number of rotatable bonds is 2. The molecule has 0 bridgehead atoms. The van der Waals surface area contributed by atoms with Crippen molar-refractivity contribution in [3.63, 3.8) is 0 Å².